The summed E-state index contributed by atoms with van der Waals surface area (Å²) in [5, 5.41) is 9.94. The van der Waals surface area contributed by atoms with Crippen LogP contribution in [0.5, 0.6) is 0 Å². The standard InChI is InChI=1S/C26H31N5O/c1-15-9-17(10-18-14-31(6)29-22(15)18)23-27-21-8-7-16(11-20(21)24(32)28-23)19-12-25(2,3)30-26(4,5)13-19/h7-11,14,19,30H,12-13H2,1-6H3,(H,27,28,32). The summed E-state index contributed by atoms with van der Waals surface area (Å²) in [6.07, 6.45) is 4.06. The topological polar surface area (TPSA) is 75.6 Å². The minimum Gasteiger partial charge on any atom is -0.307 e. The van der Waals surface area contributed by atoms with Gasteiger partial charge in [-0.05, 0) is 88.8 Å². The number of H-pyrrole nitrogens is 1. The normalized spacial score (nSPS) is 18.4. The number of hydrogen-bond donors (Lipinski definition) is 2. The Labute approximate surface area is 188 Å². The van der Waals surface area contributed by atoms with E-state index in [1.54, 1.807) is 0 Å². The molecule has 6 nitrogen and oxygen atoms in total. The second-order valence-corrected chi connectivity index (χ2v) is 10.7. The van der Waals surface area contributed by atoms with Crippen LogP contribution < -0.4 is 10.9 Å². The molecule has 0 atom stereocenters. The third kappa shape index (κ3) is 3.73. The Balaban J connectivity index is 1.57. The Morgan fingerprint density at radius 2 is 1.78 bits per heavy atom. The third-order valence-electron chi connectivity index (χ3n) is 6.58. The summed E-state index contributed by atoms with van der Waals surface area (Å²) in [5.41, 5.74) is 4.88. The lowest BCUT2D eigenvalue weighted by molar-refractivity contribution is 0.162. The molecule has 32 heavy (non-hydrogen) atoms. The fourth-order valence-electron chi connectivity index (χ4n) is 5.67. The van der Waals surface area contributed by atoms with Crippen molar-refractivity contribution in [1.82, 2.24) is 25.1 Å². The molecule has 0 bridgehead atoms. The molecule has 5 rings (SSSR count). The lowest BCUT2D eigenvalue weighted by atomic mass is 9.73. The predicted octanol–water partition coefficient (Wildman–Crippen LogP) is 4.81. The predicted molar refractivity (Wildman–Crippen MR) is 130 cm³/mol. The average Bonchev–Trinajstić information content (AvgIpc) is 3.06. The van der Waals surface area contributed by atoms with E-state index in [9.17, 15) is 4.79 Å². The van der Waals surface area contributed by atoms with Gasteiger partial charge in [0.25, 0.3) is 5.56 Å². The van der Waals surface area contributed by atoms with Crippen LogP contribution in [-0.4, -0.2) is 30.8 Å². The smallest absolute Gasteiger partial charge is 0.259 e. The minimum atomic E-state index is -0.0942. The summed E-state index contributed by atoms with van der Waals surface area (Å²) in [7, 11) is 1.91. The minimum absolute atomic E-state index is 0.0543. The number of aromatic amines is 1. The number of piperidine rings is 1. The quantitative estimate of drug-likeness (QED) is 0.479. The van der Waals surface area contributed by atoms with Gasteiger partial charge in [-0.25, -0.2) is 4.98 Å². The molecule has 4 aromatic rings. The maximum Gasteiger partial charge on any atom is 0.259 e. The van der Waals surface area contributed by atoms with E-state index in [0.717, 1.165) is 40.4 Å². The molecule has 166 valence electrons. The van der Waals surface area contributed by atoms with Crippen molar-refractivity contribution in [1.29, 1.82) is 0 Å². The highest BCUT2D eigenvalue weighted by Gasteiger charge is 2.38. The number of fused-ring (bicyclic) bond motifs is 2. The summed E-state index contributed by atoms with van der Waals surface area (Å²) < 4.78 is 1.81. The van der Waals surface area contributed by atoms with Crippen LogP contribution in [0, 0.1) is 6.92 Å². The zero-order valence-electron chi connectivity index (χ0n) is 19.7. The van der Waals surface area contributed by atoms with Gasteiger partial charge >= 0.3 is 0 Å². The van der Waals surface area contributed by atoms with E-state index < -0.39 is 0 Å². The lowest BCUT2D eigenvalue weighted by Gasteiger charge is -2.46. The Kier molecular flexibility index (Phi) is 4.57. The van der Waals surface area contributed by atoms with Gasteiger partial charge in [0.05, 0.1) is 16.4 Å². The van der Waals surface area contributed by atoms with Crippen molar-refractivity contribution >= 4 is 21.8 Å². The molecule has 1 saturated heterocycles. The van der Waals surface area contributed by atoms with Gasteiger partial charge in [0, 0.05) is 35.3 Å². The Bertz CT molecular complexity index is 1390. The maximum atomic E-state index is 13.1. The summed E-state index contributed by atoms with van der Waals surface area (Å²) >= 11 is 0. The molecule has 0 unspecified atom stereocenters. The molecule has 1 aliphatic rings. The van der Waals surface area contributed by atoms with Gasteiger partial charge in [0.2, 0.25) is 0 Å². The van der Waals surface area contributed by atoms with Crippen molar-refractivity contribution in [2.24, 2.45) is 7.05 Å². The number of benzene rings is 2. The lowest BCUT2D eigenvalue weighted by Crippen LogP contribution is -2.57. The van der Waals surface area contributed by atoms with Gasteiger partial charge in [-0.1, -0.05) is 6.07 Å². The van der Waals surface area contributed by atoms with Gasteiger partial charge in [0.15, 0.2) is 0 Å². The number of aryl methyl sites for hydroxylation is 2. The van der Waals surface area contributed by atoms with Crippen LogP contribution in [0.2, 0.25) is 0 Å². The molecule has 3 heterocycles. The van der Waals surface area contributed by atoms with Crippen molar-refractivity contribution in [3.63, 3.8) is 0 Å². The Morgan fingerprint density at radius 1 is 1.06 bits per heavy atom. The van der Waals surface area contributed by atoms with Crippen LogP contribution >= 0.6 is 0 Å². The van der Waals surface area contributed by atoms with E-state index >= 15 is 0 Å². The number of rotatable bonds is 2. The highest BCUT2D eigenvalue weighted by molar-refractivity contribution is 5.87. The third-order valence-corrected chi connectivity index (χ3v) is 6.58. The zero-order valence-corrected chi connectivity index (χ0v) is 19.7. The molecular formula is C26H31N5O. The van der Waals surface area contributed by atoms with Gasteiger partial charge in [-0.2, -0.15) is 5.10 Å². The molecule has 0 saturated carbocycles. The van der Waals surface area contributed by atoms with Crippen molar-refractivity contribution < 1.29 is 0 Å². The van der Waals surface area contributed by atoms with Gasteiger partial charge in [-0.3, -0.25) is 9.48 Å². The summed E-state index contributed by atoms with van der Waals surface area (Å²) in [6.45, 7) is 11.0. The summed E-state index contributed by atoms with van der Waals surface area (Å²) in [6, 6.07) is 10.3. The largest absolute Gasteiger partial charge is 0.307 e. The fourth-order valence-corrected chi connectivity index (χ4v) is 5.67. The second-order valence-electron chi connectivity index (χ2n) is 10.7. The van der Waals surface area contributed by atoms with Crippen LogP contribution in [0.15, 0.2) is 41.3 Å². The molecule has 2 N–H and O–H groups in total. The van der Waals surface area contributed by atoms with Crippen LogP contribution in [0.1, 0.15) is 57.6 Å². The molecule has 2 aromatic carbocycles. The molecule has 0 amide bonds. The van der Waals surface area contributed by atoms with Crippen molar-refractivity contribution in [2.75, 3.05) is 0 Å². The van der Waals surface area contributed by atoms with Crippen molar-refractivity contribution in [2.45, 2.75) is 64.5 Å². The van der Waals surface area contributed by atoms with Crippen LogP contribution in [0.3, 0.4) is 0 Å². The first kappa shape index (κ1) is 20.9. The van der Waals surface area contributed by atoms with E-state index in [1.807, 2.05) is 49.1 Å². The van der Waals surface area contributed by atoms with E-state index in [0.29, 0.717) is 17.1 Å². The molecule has 6 heteroatoms. The Hall–Kier alpha value is -2.99. The first-order valence-corrected chi connectivity index (χ1v) is 11.3. The monoisotopic (exact) mass is 429 g/mol. The number of hydrogen-bond acceptors (Lipinski definition) is 4. The first-order chi connectivity index (χ1) is 15.0. The van der Waals surface area contributed by atoms with Crippen molar-refractivity contribution in [3.05, 3.63) is 58.0 Å². The van der Waals surface area contributed by atoms with Crippen LogP contribution in [0.4, 0.5) is 0 Å². The van der Waals surface area contributed by atoms with E-state index in [1.165, 1.54) is 5.56 Å². The SMILES string of the molecule is Cc1cc(-c2nc3ccc(C4CC(C)(C)NC(C)(C)C4)cc3c(=O)[nH]2)cc2cn(C)nc12. The average molecular weight is 430 g/mol. The molecule has 0 spiro atoms. The highest BCUT2D eigenvalue weighted by atomic mass is 16.1. The molecule has 1 aliphatic heterocycles. The van der Waals surface area contributed by atoms with Gasteiger partial charge in [-0.15, -0.1) is 0 Å². The zero-order chi connectivity index (χ0) is 22.8. The second kappa shape index (κ2) is 7.01. The van der Waals surface area contributed by atoms with Gasteiger partial charge in [0.1, 0.15) is 5.82 Å². The van der Waals surface area contributed by atoms with Crippen molar-refractivity contribution in [3.8, 4) is 11.4 Å². The maximum absolute atomic E-state index is 13.1. The molecule has 1 fully saturated rings. The molecule has 0 aliphatic carbocycles. The number of nitrogens with zero attached hydrogens (tertiary/aromatic N) is 3. The number of aromatic nitrogens is 4. The van der Waals surface area contributed by atoms with E-state index in [-0.39, 0.29) is 16.6 Å². The van der Waals surface area contributed by atoms with E-state index in [4.69, 9.17) is 4.98 Å². The van der Waals surface area contributed by atoms with E-state index in [2.05, 4.69) is 49.2 Å². The number of nitrogens with one attached hydrogen (secondary N) is 2. The first-order valence-electron chi connectivity index (χ1n) is 11.3. The summed E-state index contributed by atoms with van der Waals surface area (Å²) in [5.74, 6) is 0.994. The molecular weight excluding hydrogens is 398 g/mol. The Morgan fingerprint density at radius 3 is 2.50 bits per heavy atom. The highest BCUT2D eigenvalue weighted by Crippen LogP contribution is 2.39. The van der Waals surface area contributed by atoms with Gasteiger partial charge < -0.3 is 10.3 Å². The van der Waals surface area contributed by atoms with Crippen LogP contribution in [0.25, 0.3) is 33.2 Å². The van der Waals surface area contributed by atoms with Crippen LogP contribution in [-0.2, 0) is 7.05 Å². The molecule has 0 radical (unpaired) electrons. The fraction of sp³-hybridized carbons (Fsp3) is 0.423. The molecule has 2 aromatic heterocycles. The summed E-state index contributed by atoms with van der Waals surface area (Å²) in [4.78, 5) is 20.9.